The Labute approximate surface area is 192 Å². The van der Waals surface area contributed by atoms with Crippen LogP contribution < -0.4 is 10.1 Å². The molecule has 1 heterocycles. The first-order chi connectivity index (χ1) is 15.4. The lowest BCUT2D eigenvalue weighted by atomic mass is 9.88. The van der Waals surface area contributed by atoms with Crippen molar-refractivity contribution >= 4 is 28.2 Å². The smallest absolute Gasteiger partial charge is 0.341 e. The molecule has 0 saturated carbocycles. The highest BCUT2D eigenvalue weighted by Gasteiger charge is 2.28. The molecule has 6 heteroatoms. The number of nitrogens with one attached hydrogen (secondary N) is 1. The number of rotatable bonds is 6. The van der Waals surface area contributed by atoms with Crippen LogP contribution in [0.2, 0.25) is 0 Å². The highest BCUT2D eigenvalue weighted by Crippen LogP contribution is 2.40. The van der Waals surface area contributed by atoms with E-state index in [9.17, 15) is 9.59 Å². The average Bonchev–Trinajstić information content (AvgIpc) is 3.14. The number of carbonyl (C=O) groups excluding carboxylic acids is 2. The van der Waals surface area contributed by atoms with Crippen LogP contribution in [-0.2, 0) is 22.4 Å². The predicted octanol–water partition coefficient (Wildman–Crippen LogP) is 5.65. The summed E-state index contributed by atoms with van der Waals surface area (Å²) in [5.74, 6) is 0.481. The van der Waals surface area contributed by atoms with Crippen molar-refractivity contribution < 1.29 is 19.1 Å². The Morgan fingerprint density at radius 2 is 1.72 bits per heavy atom. The van der Waals surface area contributed by atoms with E-state index >= 15 is 0 Å². The van der Waals surface area contributed by atoms with Gasteiger partial charge in [0.15, 0.2) is 6.61 Å². The van der Waals surface area contributed by atoms with Gasteiger partial charge in [0, 0.05) is 4.88 Å². The first kappa shape index (κ1) is 22.1. The van der Waals surface area contributed by atoms with Gasteiger partial charge in [0.05, 0.1) is 12.7 Å². The third-order valence-corrected chi connectivity index (χ3v) is 6.93. The van der Waals surface area contributed by atoms with Crippen LogP contribution in [0.1, 0.15) is 39.7 Å². The van der Waals surface area contributed by atoms with Crippen LogP contribution in [0, 0.1) is 12.8 Å². The summed E-state index contributed by atoms with van der Waals surface area (Å²) >= 11 is 1.47. The number of ether oxygens (including phenoxy) is 2. The van der Waals surface area contributed by atoms with E-state index in [0.717, 1.165) is 40.8 Å². The number of hydrogen-bond donors (Lipinski definition) is 1. The number of amides is 1. The van der Waals surface area contributed by atoms with Crippen LogP contribution in [0.3, 0.4) is 0 Å². The van der Waals surface area contributed by atoms with Crippen LogP contribution in [0.15, 0.2) is 48.5 Å². The Balaban J connectivity index is 1.41. The van der Waals surface area contributed by atoms with Gasteiger partial charge in [-0.2, -0.15) is 0 Å². The molecule has 32 heavy (non-hydrogen) atoms. The van der Waals surface area contributed by atoms with Crippen molar-refractivity contribution in [3.8, 4) is 16.9 Å². The van der Waals surface area contributed by atoms with E-state index in [-0.39, 0.29) is 12.5 Å². The molecule has 1 atom stereocenters. The Bertz CT molecular complexity index is 1120. The molecular weight excluding hydrogens is 422 g/mol. The standard InChI is InChI=1S/C26H27NO4S/c1-16-4-7-18(8-5-16)19-9-11-20(12-10-19)31-15-23(28)27-25-24(26(29)30-3)21-13-6-17(2)14-22(21)32-25/h4-5,7-12,17H,6,13-15H2,1-3H3,(H,27,28). The van der Waals surface area contributed by atoms with Gasteiger partial charge in [-0.3, -0.25) is 4.79 Å². The molecule has 5 nitrogen and oxygen atoms in total. The first-order valence-electron chi connectivity index (χ1n) is 10.8. The van der Waals surface area contributed by atoms with Crippen molar-refractivity contribution in [2.24, 2.45) is 5.92 Å². The Hall–Kier alpha value is -3.12. The first-order valence-corrected chi connectivity index (χ1v) is 11.6. The summed E-state index contributed by atoms with van der Waals surface area (Å²) in [6.45, 7) is 4.13. The maximum atomic E-state index is 12.6. The van der Waals surface area contributed by atoms with Crippen molar-refractivity contribution in [2.45, 2.75) is 33.1 Å². The molecule has 3 aromatic rings. The molecule has 0 fully saturated rings. The number of carbonyl (C=O) groups is 2. The lowest BCUT2D eigenvalue weighted by molar-refractivity contribution is -0.118. The minimum atomic E-state index is -0.403. The summed E-state index contributed by atoms with van der Waals surface area (Å²) in [4.78, 5) is 26.1. The minimum Gasteiger partial charge on any atom is -0.484 e. The number of aryl methyl sites for hydroxylation is 1. The van der Waals surface area contributed by atoms with Gasteiger partial charge >= 0.3 is 5.97 Å². The van der Waals surface area contributed by atoms with Gasteiger partial charge in [-0.25, -0.2) is 4.79 Å². The van der Waals surface area contributed by atoms with E-state index in [1.54, 1.807) is 0 Å². The number of thiophene rings is 1. The monoisotopic (exact) mass is 449 g/mol. The third kappa shape index (κ3) is 4.86. The van der Waals surface area contributed by atoms with Crippen molar-refractivity contribution in [3.05, 3.63) is 70.1 Å². The summed E-state index contributed by atoms with van der Waals surface area (Å²) in [5, 5.41) is 3.42. The van der Waals surface area contributed by atoms with Gasteiger partial charge in [-0.05, 0) is 60.9 Å². The number of fused-ring (bicyclic) bond motifs is 1. The minimum absolute atomic E-state index is 0.135. The van der Waals surface area contributed by atoms with E-state index in [4.69, 9.17) is 9.47 Å². The van der Waals surface area contributed by atoms with Crippen molar-refractivity contribution in [1.29, 1.82) is 0 Å². The van der Waals surface area contributed by atoms with Gasteiger partial charge in [0.25, 0.3) is 5.91 Å². The SMILES string of the molecule is COC(=O)c1c(NC(=O)COc2ccc(-c3ccc(C)cc3)cc2)sc2c1CCC(C)C2. The van der Waals surface area contributed by atoms with Crippen molar-refractivity contribution in [1.82, 2.24) is 0 Å². The van der Waals surface area contributed by atoms with E-state index in [1.807, 2.05) is 24.3 Å². The number of esters is 1. The molecule has 0 bridgehead atoms. The fourth-order valence-corrected chi connectivity index (χ4v) is 5.37. The van der Waals surface area contributed by atoms with Gasteiger partial charge in [0.2, 0.25) is 0 Å². The second kappa shape index (κ2) is 9.57. The van der Waals surface area contributed by atoms with Crippen LogP contribution in [0.5, 0.6) is 5.75 Å². The van der Waals surface area contributed by atoms with E-state index < -0.39 is 5.97 Å². The number of benzene rings is 2. The molecule has 1 amide bonds. The molecule has 1 unspecified atom stereocenters. The highest BCUT2D eigenvalue weighted by molar-refractivity contribution is 7.17. The zero-order valence-electron chi connectivity index (χ0n) is 18.6. The van der Waals surface area contributed by atoms with Crippen molar-refractivity contribution in [3.63, 3.8) is 0 Å². The summed E-state index contributed by atoms with van der Waals surface area (Å²) < 4.78 is 10.7. The summed E-state index contributed by atoms with van der Waals surface area (Å²) in [6, 6.07) is 16.0. The average molecular weight is 450 g/mol. The predicted molar refractivity (Wildman–Crippen MR) is 128 cm³/mol. The molecule has 4 rings (SSSR count). The Morgan fingerprint density at radius 1 is 1.06 bits per heavy atom. The van der Waals surface area contributed by atoms with Crippen LogP contribution in [0.25, 0.3) is 11.1 Å². The van der Waals surface area contributed by atoms with Gasteiger partial charge in [-0.1, -0.05) is 48.9 Å². The van der Waals surface area contributed by atoms with Crippen molar-refractivity contribution in [2.75, 3.05) is 19.0 Å². The highest BCUT2D eigenvalue weighted by atomic mass is 32.1. The molecule has 0 spiro atoms. The quantitative estimate of drug-likeness (QED) is 0.494. The summed E-state index contributed by atoms with van der Waals surface area (Å²) in [5.41, 5.74) is 4.95. The molecule has 1 N–H and O–H groups in total. The lowest BCUT2D eigenvalue weighted by Crippen LogP contribution is -2.21. The maximum Gasteiger partial charge on any atom is 0.341 e. The molecule has 166 valence electrons. The molecule has 1 aliphatic carbocycles. The van der Waals surface area contributed by atoms with E-state index in [2.05, 4.69) is 43.4 Å². The summed E-state index contributed by atoms with van der Waals surface area (Å²) in [7, 11) is 1.37. The molecule has 2 aromatic carbocycles. The largest absolute Gasteiger partial charge is 0.484 e. The van der Waals surface area contributed by atoms with Gasteiger partial charge < -0.3 is 14.8 Å². The topological polar surface area (TPSA) is 64.6 Å². The normalized spacial score (nSPS) is 15.0. The molecule has 0 saturated heterocycles. The summed E-state index contributed by atoms with van der Waals surface area (Å²) in [6.07, 6.45) is 2.78. The molecule has 1 aliphatic rings. The molecule has 1 aromatic heterocycles. The number of methoxy groups -OCH3 is 1. The van der Waals surface area contributed by atoms with Gasteiger partial charge in [-0.15, -0.1) is 11.3 Å². The molecule has 0 radical (unpaired) electrons. The van der Waals surface area contributed by atoms with Crippen LogP contribution in [-0.4, -0.2) is 25.6 Å². The maximum absolute atomic E-state index is 12.6. The number of hydrogen-bond acceptors (Lipinski definition) is 5. The fraction of sp³-hybridized carbons (Fsp3) is 0.308. The van der Waals surface area contributed by atoms with Crippen LogP contribution >= 0.6 is 11.3 Å². The Morgan fingerprint density at radius 3 is 2.38 bits per heavy atom. The fourth-order valence-electron chi connectivity index (χ4n) is 3.96. The second-order valence-electron chi connectivity index (χ2n) is 8.27. The van der Waals surface area contributed by atoms with Gasteiger partial charge in [0.1, 0.15) is 10.8 Å². The van der Waals surface area contributed by atoms with Crippen LogP contribution in [0.4, 0.5) is 5.00 Å². The lowest BCUT2D eigenvalue weighted by Gasteiger charge is -2.18. The third-order valence-electron chi connectivity index (χ3n) is 5.76. The Kier molecular flexibility index (Phi) is 6.61. The number of anilines is 1. The van der Waals surface area contributed by atoms with E-state index in [1.165, 1.54) is 24.0 Å². The second-order valence-corrected chi connectivity index (χ2v) is 9.38. The van der Waals surface area contributed by atoms with E-state index in [0.29, 0.717) is 22.2 Å². The molecule has 0 aliphatic heterocycles. The molecular formula is C26H27NO4S. The zero-order chi connectivity index (χ0) is 22.7. The zero-order valence-corrected chi connectivity index (χ0v) is 19.4.